The van der Waals surface area contributed by atoms with Crippen LogP contribution in [0.3, 0.4) is 0 Å². The topological polar surface area (TPSA) is 110 Å². The van der Waals surface area contributed by atoms with Gasteiger partial charge in [-0.25, -0.2) is 8.42 Å². The number of anilines is 2. The predicted octanol–water partition coefficient (Wildman–Crippen LogP) is 4.31. The number of benzene rings is 2. The third kappa shape index (κ3) is 7.19. The number of hydrogen-bond acceptors (Lipinski definition) is 6. The second-order valence-corrected chi connectivity index (χ2v) is 8.90. The van der Waals surface area contributed by atoms with E-state index in [1.54, 1.807) is 48.5 Å². The zero-order valence-electron chi connectivity index (χ0n) is 18.0. The van der Waals surface area contributed by atoms with Crippen molar-refractivity contribution in [3.8, 4) is 5.75 Å². The van der Waals surface area contributed by atoms with Crippen LogP contribution in [0.25, 0.3) is 6.08 Å². The number of thiocarbonyl (C=S) groups is 1. The van der Waals surface area contributed by atoms with Gasteiger partial charge in [0.2, 0.25) is 5.91 Å². The Labute approximate surface area is 197 Å². The van der Waals surface area contributed by atoms with E-state index in [1.165, 1.54) is 24.3 Å². The summed E-state index contributed by atoms with van der Waals surface area (Å²) in [6.07, 6.45) is 2.83. The van der Waals surface area contributed by atoms with Crippen LogP contribution >= 0.6 is 12.2 Å². The van der Waals surface area contributed by atoms with Crippen molar-refractivity contribution in [3.05, 3.63) is 78.3 Å². The minimum Gasteiger partial charge on any atom is -0.494 e. The fraction of sp³-hybridized carbons (Fsp3) is 0.130. The largest absolute Gasteiger partial charge is 0.494 e. The van der Waals surface area contributed by atoms with Gasteiger partial charge in [0.25, 0.3) is 10.0 Å². The first-order chi connectivity index (χ1) is 15.7. The highest BCUT2D eigenvalue weighted by Crippen LogP contribution is 2.21. The Kier molecular flexibility index (Phi) is 7.86. The molecule has 172 valence electrons. The number of aryl methyl sites for hydroxylation is 1. The zero-order chi connectivity index (χ0) is 23.8. The summed E-state index contributed by atoms with van der Waals surface area (Å²) >= 11 is 5.13. The smallest absolute Gasteiger partial charge is 0.261 e. The van der Waals surface area contributed by atoms with E-state index in [0.29, 0.717) is 29.5 Å². The van der Waals surface area contributed by atoms with Gasteiger partial charge in [-0.2, -0.15) is 0 Å². The van der Waals surface area contributed by atoms with Crippen molar-refractivity contribution in [3.63, 3.8) is 0 Å². The van der Waals surface area contributed by atoms with E-state index in [4.69, 9.17) is 21.4 Å². The highest BCUT2D eigenvalue weighted by atomic mass is 32.2. The van der Waals surface area contributed by atoms with Crippen molar-refractivity contribution >= 4 is 50.7 Å². The lowest BCUT2D eigenvalue weighted by Crippen LogP contribution is -2.32. The molecular weight excluding hydrogens is 462 g/mol. The number of ether oxygens (including phenoxy) is 1. The van der Waals surface area contributed by atoms with Gasteiger partial charge < -0.3 is 14.5 Å². The molecule has 0 fully saturated rings. The lowest BCUT2D eigenvalue weighted by molar-refractivity contribution is -0.115. The monoisotopic (exact) mass is 485 g/mol. The fourth-order valence-corrected chi connectivity index (χ4v) is 4.01. The summed E-state index contributed by atoms with van der Waals surface area (Å²) in [6.45, 7) is 4.21. The van der Waals surface area contributed by atoms with Crippen molar-refractivity contribution in [2.75, 3.05) is 16.6 Å². The second kappa shape index (κ2) is 10.8. The number of amides is 1. The van der Waals surface area contributed by atoms with Gasteiger partial charge in [0.15, 0.2) is 5.11 Å². The number of carbonyl (C=O) groups is 1. The molecule has 0 aliphatic heterocycles. The van der Waals surface area contributed by atoms with Crippen LogP contribution in [0, 0.1) is 6.92 Å². The van der Waals surface area contributed by atoms with E-state index in [2.05, 4.69) is 15.4 Å². The minimum atomic E-state index is -3.77. The Morgan fingerprint density at radius 3 is 2.30 bits per heavy atom. The molecule has 3 aromatic rings. The lowest BCUT2D eigenvalue weighted by atomic mass is 10.3. The van der Waals surface area contributed by atoms with E-state index >= 15 is 0 Å². The number of furan rings is 1. The highest BCUT2D eigenvalue weighted by molar-refractivity contribution is 7.92. The first-order valence-corrected chi connectivity index (χ1v) is 11.9. The molecule has 0 bridgehead atoms. The molecule has 0 aliphatic rings. The summed E-state index contributed by atoms with van der Waals surface area (Å²) in [4.78, 5) is 12.1. The molecule has 0 saturated carbocycles. The van der Waals surface area contributed by atoms with Crippen LogP contribution in [-0.2, 0) is 14.8 Å². The number of carbonyl (C=O) groups excluding carboxylic acids is 1. The van der Waals surface area contributed by atoms with Gasteiger partial charge in [-0.05, 0) is 92.8 Å². The third-order valence-electron chi connectivity index (χ3n) is 4.24. The second-order valence-electron chi connectivity index (χ2n) is 6.81. The molecule has 0 saturated heterocycles. The number of nitrogens with one attached hydrogen (secondary N) is 3. The van der Waals surface area contributed by atoms with Crippen LogP contribution in [0.1, 0.15) is 18.4 Å². The summed E-state index contributed by atoms with van der Waals surface area (Å²) in [5, 5.41) is 5.42. The van der Waals surface area contributed by atoms with Crippen LogP contribution in [0.2, 0.25) is 0 Å². The van der Waals surface area contributed by atoms with Crippen molar-refractivity contribution in [1.82, 2.24) is 5.32 Å². The van der Waals surface area contributed by atoms with Crippen LogP contribution in [-0.4, -0.2) is 26.0 Å². The molecule has 0 unspecified atom stereocenters. The lowest BCUT2D eigenvalue weighted by Gasteiger charge is -2.11. The van der Waals surface area contributed by atoms with E-state index in [-0.39, 0.29) is 10.0 Å². The molecule has 0 aliphatic carbocycles. The highest BCUT2D eigenvalue weighted by Gasteiger charge is 2.14. The maximum atomic E-state index is 12.6. The van der Waals surface area contributed by atoms with Gasteiger partial charge in [-0.1, -0.05) is 0 Å². The molecule has 0 atom stereocenters. The molecule has 0 radical (unpaired) electrons. The molecular formula is C23H23N3O5S2. The zero-order valence-corrected chi connectivity index (χ0v) is 19.6. The molecule has 3 N–H and O–H groups in total. The Balaban J connectivity index is 1.55. The summed E-state index contributed by atoms with van der Waals surface area (Å²) in [6, 6.07) is 16.1. The Bertz CT molecular complexity index is 1250. The average Bonchev–Trinajstić information content (AvgIpc) is 3.19. The number of hydrogen-bond donors (Lipinski definition) is 3. The Morgan fingerprint density at radius 1 is 1.03 bits per heavy atom. The molecule has 8 nitrogen and oxygen atoms in total. The summed E-state index contributed by atoms with van der Waals surface area (Å²) in [5.41, 5.74) is 0.938. The van der Waals surface area contributed by atoms with E-state index in [1.807, 2.05) is 13.8 Å². The number of rotatable bonds is 8. The molecule has 33 heavy (non-hydrogen) atoms. The number of sulfonamides is 1. The van der Waals surface area contributed by atoms with Crippen molar-refractivity contribution < 1.29 is 22.4 Å². The van der Waals surface area contributed by atoms with Crippen LogP contribution in [0.5, 0.6) is 5.75 Å². The maximum Gasteiger partial charge on any atom is 0.261 e. The van der Waals surface area contributed by atoms with E-state index in [0.717, 1.165) is 5.76 Å². The van der Waals surface area contributed by atoms with Gasteiger partial charge >= 0.3 is 0 Å². The quantitative estimate of drug-likeness (QED) is 0.322. The molecule has 1 heterocycles. The molecule has 2 aromatic carbocycles. The van der Waals surface area contributed by atoms with Crippen molar-refractivity contribution in [2.45, 2.75) is 18.7 Å². The standard InChI is InChI=1S/C23H23N3O5S2/c1-3-30-19-10-5-18(6-11-19)26-33(28,29)21-13-7-17(8-14-21)24-23(32)25-22(27)15-12-20-9-4-16(2)31-20/h4-15,26H,3H2,1-2H3,(H2,24,25,27,32). The van der Waals surface area contributed by atoms with E-state index in [9.17, 15) is 13.2 Å². The minimum absolute atomic E-state index is 0.0726. The van der Waals surface area contributed by atoms with Gasteiger partial charge in [-0.3, -0.25) is 14.8 Å². The first kappa shape index (κ1) is 24.0. The summed E-state index contributed by atoms with van der Waals surface area (Å²) < 4.78 is 38.5. The summed E-state index contributed by atoms with van der Waals surface area (Å²) in [5.74, 6) is 1.52. The van der Waals surface area contributed by atoms with Crippen molar-refractivity contribution in [2.24, 2.45) is 0 Å². The normalized spacial score (nSPS) is 11.2. The Morgan fingerprint density at radius 2 is 1.70 bits per heavy atom. The molecule has 10 heteroatoms. The van der Waals surface area contributed by atoms with Crippen LogP contribution in [0.15, 0.2) is 76.1 Å². The van der Waals surface area contributed by atoms with Gasteiger partial charge in [-0.15, -0.1) is 0 Å². The average molecular weight is 486 g/mol. The van der Waals surface area contributed by atoms with Crippen LogP contribution in [0.4, 0.5) is 11.4 Å². The molecule has 0 spiro atoms. The Hall–Kier alpha value is -3.63. The molecule has 3 rings (SSSR count). The summed E-state index contributed by atoms with van der Waals surface area (Å²) in [7, 11) is -3.77. The van der Waals surface area contributed by atoms with Gasteiger partial charge in [0, 0.05) is 17.5 Å². The SMILES string of the molecule is CCOc1ccc(NS(=O)(=O)c2ccc(NC(=S)NC(=O)C=Cc3ccc(C)o3)cc2)cc1. The maximum absolute atomic E-state index is 12.6. The first-order valence-electron chi connectivity index (χ1n) is 9.97. The molecule has 1 aromatic heterocycles. The van der Waals surface area contributed by atoms with E-state index < -0.39 is 15.9 Å². The van der Waals surface area contributed by atoms with Crippen molar-refractivity contribution in [1.29, 1.82) is 0 Å². The van der Waals surface area contributed by atoms with Gasteiger partial charge in [0.1, 0.15) is 17.3 Å². The fourth-order valence-electron chi connectivity index (χ4n) is 2.73. The third-order valence-corrected chi connectivity index (χ3v) is 5.84. The van der Waals surface area contributed by atoms with Gasteiger partial charge in [0.05, 0.1) is 11.5 Å². The van der Waals surface area contributed by atoms with Crippen LogP contribution < -0.4 is 20.1 Å². The predicted molar refractivity (Wildman–Crippen MR) is 132 cm³/mol. The molecule has 1 amide bonds.